The highest BCUT2D eigenvalue weighted by molar-refractivity contribution is 5.92. The third-order valence-electron chi connectivity index (χ3n) is 4.74. The van der Waals surface area contributed by atoms with Crippen LogP contribution < -0.4 is 10.6 Å². The summed E-state index contributed by atoms with van der Waals surface area (Å²) in [7, 11) is 0. The van der Waals surface area contributed by atoms with Crippen molar-refractivity contribution in [1.29, 1.82) is 5.26 Å². The molecule has 3 amide bonds. The Labute approximate surface area is 191 Å². The van der Waals surface area contributed by atoms with Crippen molar-refractivity contribution >= 4 is 17.9 Å². The number of alkyl carbamates (subject to hydrolysis) is 1. The molecule has 0 heterocycles. The summed E-state index contributed by atoms with van der Waals surface area (Å²) in [5.41, 5.74) is 1.77. The van der Waals surface area contributed by atoms with Crippen LogP contribution in [0, 0.1) is 25.2 Å². The largest absolute Gasteiger partial charge is 0.444 e. The SMILES string of the molecule is CCCCNC(=O)C(c1ccc(C)cc1C)N(CC#N)C(=O)C(C)NC(=O)OC(C)(C)C. The molecule has 176 valence electrons. The van der Waals surface area contributed by atoms with E-state index in [2.05, 4.69) is 10.6 Å². The second kappa shape index (κ2) is 12.1. The second-order valence-corrected chi connectivity index (χ2v) is 8.90. The molecule has 2 atom stereocenters. The molecule has 1 aromatic carbocycles. The predicted octanol–water partition coefficient (Wildman–Crippen LogP) is 3.53. The zero-order valence-electron chi connectivity index (χ0n) is 20.2. The molecule has 8 heteroatoms. The van der Waals surface area contributed by atoms with Crippen molar-refractivity contribution in [1.82, 2.24) is 15.5 Å². The lowest BCUT2D eigenvalue weighted by Gasteiger charge is -2.32. The summed E-state index contributed by atoms with van der Waals surface area (Å²) in [6.07, 6.45) is 0.964. The number of hydrogen-bond acceptors (Lipinski definition) is 5. The molecule has 0 saturated heterocycles. The van der Waals surface area contributed by atoms with Crippen LogP contribution in [-0.2, 0) is 14.3 Å². The average molecular weight is 445 g/mol. The Morgan fingerprint density at radius 1 is 1.22 bits per heavy atom. The van der Waals surface area contributed by atoms with E-state index >= 15 is 0 Å². The van der Waals surface area contributed by atoms with E-state index in [1.807, 2.05) is 39.0 Å². The molecule has 0 aliphatic heterocycles. The van der Waals surface area contributed by atoms with E-state index in [0.717, 1.165) is 24.0 Å². The third kappa shape index (κ3) is 8.22. The molecule has 0 bridgehead atoms. The van der Waals surface area contributed by atoms with Crippen LogP contribution in [0.1, 0.15) is 70.2 Å². The number of ether oxygens (including phenoxy) is 1. The van der Waals surface area contributed by atoms with Gasteiger partial charge in [-0.25, -0.2) is 4.79 Å². The molecule has 1 rings (SSSR count). The number of nitrogens with one attached hydrogen (secondary N) is 2. The number of nitriles is 1. The van der Waals surface area contributed by atoms with Gasteiger partial charge in [-0.15, -0.1) is 0 Å². The van der Waals surface area contributed by atoms with Crippen LogP contribution in [0.15, 0.2) is 18.2 Å². The lowest BCUT2D eigenvalue weighted by atomic mass is 9.96. The van der Waals surface area contributed by atoms with Gasteiger partial charge in [0.15, 0.2) is 0 Å². The Hall–Kier alpha value is -3.08. The van der Waals surface area contributed by atoms with Gasteiger partial charge >= 0.3 is 6.09 Å². The molecule has 0 aromatic heterocycles. The summed E-state index contributed by atoms with van der Waals surface area (Å²) in [6, 6.07) is 5.59. The first-order valence-corrected chi connectivity index (χ1v) is 10.9. The lowest BCUT2D eigenvalue weighted by Crippen LogP contribution is -2.52. The molecule has 0 radical (unpaired) electrons. The minimum absolute atomic E-state index is 0.307. The van der Waals surface area contributed by atoms with E-state index in [1.54, 1.807) is 26.8 Å². The molecule has 0 spiro atoms. The van der Waals surface area contributed by atoms with Gasteiger partial charge in [-0.05, 0) is 59.1 Å². The zero-order chi connectivity index (χ0) is 24.5. The van der Waals surface area contributed by atoms with Gasteiger partial charge < -0.3 is 20.3 Å². The lowest BCUT2D eigenvalue weighted by molar-refractivity contribution is -0.141. The molecule has 0 saturated carbocycles. The average Bonchev–Trinajstić information content (AvgIpc) is 2.67. The fraction of sp³-hybridized carbons (Fsp3) is 0.583. The van der Waals surface area contributed by atoms with E-state index in [-0.39, 0.29) is 12.5 Å². The van der Waals surface area contributed by atoms with Gasteiger partial charge in [0.25, 0.3) is 0 Å². The first-order valence-electron chi connectivity index (χ1n) is 10.9. The van der Waals surface area contributed by atoms with Crippen molar-refractivity contribution < 1.29 is 19.1 Å². The van der Waals surface area contributed by atoms with Crippen molar-refractivity contribution in [3.8, 4) is 6.07 Å². The van der Waals surface area contributed by atoms with Crippen LogP contribution in [0.4, 0.5) is 4.79 Å². The summed E-state index contributed by atoms with van der Waals surface area (Å²) >= 11 is 0. The summed E-state index contributed by atoms with van der Waals surface area (Å²) in [4.78, 5) is 39.8. The van der Waals surface area contributed by atoms with Crippen LogP contribution in [0.25, 0.3) is 0 Å². The molecule has 0 fully saturated rings. The molecule has 0 aliphatic rings. The maximum absolute atomic E-state index is 13.3. The van der Waals surface area contributed by atoms with Gasteiger partial charge in [0.2, 0.25) is 11.8 Å². The predicted molar refractivity (Wildman–Crippen MR) is 123 cm³/mol. The molecular formula is C24H36N4O4. The van der Waals surface area contributed by atoms with Gasteiger partial charge in [0.1, 0.15) is 24.2 Å². The minimum atomic E-state index is -0.998. The fourth-order valence-electron chi connectivity index (χ4n) is 3.24. The standard InChI is InChI=1S/C24H36N4O4/c1-8-9-13-26-21(29)20(19-11-10-16(2)15-17(19)3)28(14-12-25)22(30)18(4)27-23(31)32-24(5,6)7/h10-11,15,18,20H,8-9,13-14H2,1-7H3,(H,26,29)(H,27,31). The highest BCUT2D eigenvalue weighted by atomic mass is 16.6. The van der Waals surface area contributed by atoms with Crippen LogP contribution in [0.5, 0.6) is 0 Å². The third-order valence-corrected chi connectivity index (χ3v) is 4.74. The number of hydrogen-bond donors (Lipinski definition) is 2. The van der Waals surface area contributed by atoms with E-state index in [4.69, 9.17) is 4.74 Å². The Morgan fingerprint density at radius 3 is 2.41 bits per heavy atom. The first kappa shape index (κ1) is 27.0. The van der Waals surface area contributed by atoms with Gasteiger partial charge in [-0.1, -0.05) is 37.1 Å². The molecule has 2 unspecified atom stereocenters. The number of carbonyl (C=O) groups is 3. The van der Waals surface area contributed by atoms with Gasteiger partial charge in [0, 0.05) is 6.54 Å². The van der Waals surface area contributed by atoms with Crippen molar-refractivity contribution in [2.75, 3.05) is 13.1 Å². The molecule has 1 aromatic rings. The van der Waals surface area contributed by atoms with Crippen molar-refractivity contribution in [3.63, 3.8) is 0 Å². The number of unbranched alkanes of at least 4 members (excludes halogenated alkanes) is 1. The smallest absolute Gasteiger partial charge is 0.408 e. The number of rotatable bonds is 9. The molecule has 2 N–H and O–H groups in total. The van der Waals surface area contributed by atoms with Crippen LogP contribution in [0.2, 0.25) is 0 Å². The van der Waals surface area contributed by atoms with Crippen LogP contribution in [-0.4, -0.2) is 47.5 Å². The fourth-order valence-corrected chi connectivity index (χ4v) is 3.24. The Kier molecular flexibility index (Phi) is 10.2. The van der Waals surface area contributed by atoms with Crippen molar-refractivity contribution in [3.05, 3.63) is 34.9 Å². The Balaban J connectivity index is 3.27. The monoisotopic (exact) mass is 444 g/mol. The van der Waals surface area contributed by atoms with Gasteiger partial charge in [0.05, 0.1) is 6.07 Å². The van der Waals surface area contributed by atoms with Crippen molar-refractivity contribution in [2.24, 2.45) is 0 Å². The number of nitrogens with zero attached hydrogens (tertiary/aromatic N) is 2. The van der Waals surface area contributed by atoms with E-state index in [0.29, 0.717) is 12.1 Å². The van der Waals surface area contributed by atoms with Crippen LogP contribution >= 0.6 is 0 Å². The van der Waals surface area contributed by atoms with E-state index < -0.39 is 29.7 Å². The normalized spacial score (nSPS) is 12.8. The highest BCUT2D eigenvalue weighted by Gasteiger charge is 2.35. The molecule has 32 heavy (non-hydrogen) atoms. The van der Waals surface area contributed by atoms with E-state index in [9.17, 15) is 19.6 Å². The minimum Gasteiger partial charge on any atom is -0.444 e. The number of benzene rings is 1. The summed E-state index contributed by atoms with van der Waals surface area (Å²) in [5.74, 6) is -0.911. The summed E-state index contributed by atoms with van der Waals surface area (Å²) in [6.45, 7) is 12.7. The maximum atomic E-state index is 13.3. The van der Waals surface area contributed by atoms with Crippen molar-refractivity contribution in [2.45, 2.75) is 79.0 Å². The number of amides is 3. The zero-order valence-corrected chi connectivity index (χ0v) is 20.2. The quantitative estimate of drug-likeness (QED) is 0.447. The van der Waals surface area contributed by atoms with E-state index in [1.165, 1.54) is 11.8 Å². The summed E-state index contributed by atoms with van der Waals surface area (Å²) in [5, 5.41) is 14.8. The Morgan fingerprint density at radius 2 is 1.88 bits per heavy atom. The van der Waals surface area contributed by atoms with Crippen LogP contribution in [0.3, 0.4) is 0 Å². The second-order valence-electron chi connectivity index (χ2n) is 8.90. The molecular weight excluding hydrogens is 408 g/mol. The maximum Gasteiger partial charge on any atom is 0.408 e. The number of carbonyl (C=O) groups excluding carboxylic acids is 3. The van der Waals surface area contributed by atoms with Gasteiger partial charge in [-0.3, -0.25) is 9.59 Å². The molecule has 0 aliphatic carbocycles. The number of aryl methyl sites for hydroxylation is 2. The Bertz CT molecular complexity index is 855. The highest BCUT2D eigenvalue weighted by Crippen LogP contribution is 2.26. The van der Waals surface area contributed by atoms with Gasteiger partial charge in [-0.2, -0.15) is 5.26 Å². The summed E-state index contributed by atoms with van der Waals surface area (Å²) < 4.78 is 5.22. The molecule has 8 nitrogen and oxygen atoms in total. The first-order chi connectivity index (χ1) is 14.9. The topological polar surface area (TPSA) is 112 Å².